The van der Waals surface area contributed by atoms with Crippen molar-refractivity contribution in [1.82, 2.24) is 4.90 Å². The highest BCUT2D eigenvalue weighted by Gasteiger charge is 2.59. The van der Waals surface area contributed by atoms with Gasteiger partial charge in [0.1, 0.15) is 5.82 Å². The zero-order chi connectivity index (χ0) is 20.0. The predicted octanol–water partition coefficient (Wildman–Crippen LogP) is 4.01. The molecule has 146 valence electrons. The Labute approximate surface area is 171 Å². The Balaban J connectivity index is 1.59. The van der Waals surface area contributed by atoms with Crippen LogP contribution < -0.4 is 4.90 Å². The summed E-state index contributed by atoms with van der Waals surface area (Å²) in [4.78, 5) is 29.0. The van der Waals surface area contributed by atoms with Crippen LogP contribution in [-0.2, 0) is 16.2 Å². The Morgan fingerprint density at radius 2 is 2.00 bits per heavy atom. The lowest BCUT2D eigenvalue weighted by molar-refractivity contribution is -0.123. The maximum absolute atomic E-state index is 13.7. The molecule has 1 atom stereocenters. The number of amides is 2. The van der Waals surface area contributed by atoms with Crippen LogP contribution >= 0.6 is 11.8 Å². The van der Waals surface area contributed by atoms with Gasteiger partial charge in [0, 0.05) is 17.9 Å². The number of rotatable bonds is 3. The Hall–Kier alpha value is -3.06. The second kappa shape index (κ2) is 6.77. The molecular formula is C22H17FN2O3S. The first-order chi connectivity index (χ1) is 14.1. The number of halogens is 1. The minimum absolute atomic E-state index is 0.189. The number of fused-ring (bicyclic) bond motifs is 2. The molecule has 5 nitrogen and oxygen atoms in total. The summed E-state index contributed by atoms with van der Waals surface area (Å²) in [5.74, 6) is 0.00391. The van der Waals surface area contributed by atoms with Gasteiger partial charge in [-0.3, -0.25) is 9.59 Å². The van der Waals surface area contributed by atoms with Crippen molar-refractivity contribution >= 4 is 29.3 Å². The lowest BCUT2D eigenvalue weighted by atomic mass is 10.1. The number of benzene rings is 2. The highest BCUT2D eigenvalue weighted by molar-refractivity contribution is 8.01. The Morgan fingerprint density at radius 3 is 2.79 bits per heavy atom. The van der Waals surface area contributed by atoms with Crippen LogP contribution in [0.1, 0.15) is 21.7 Å². The lowest BCUT2D eigenvalue weighted by Gasteiger charge is -2.32. The van der Waals surface area contributed by atoms with Gasteiger partial charge in [0.25, 0.3) is 11.8 Å². The number of thioether (sulfide) groups is 1. The van der Waals surface area contributed by atoms with Crippen molar-refractivity contribution in [3.05, 3.63) is 89.6 Å². The van der Waals surface area contributed by atoms with Gasteiger partial charge in [-0.2, -0.15) is 0 Å². The standard InChI is InChI=1S/C22H17FN2O3S/c23-16-6-3-5-15(13-16)14-24-18-8-2-1-7-17(18)22(21(24)27)25(10-12-29-22)20(26)19-9-4-11-28-19/h1-9,11,13H,10,12,14H2/t22-/m1/s1. The Bertz CT molecular complexity index is 1100. The van der Waals surface area contributed by atoms with Crippen LogP contribution in [0.5, 0.6) is 0 Å². The van der Waals surface area contributed by atoms with Gasteiger partial charge in [-0.15, -0.1) is 11.8 Å². The zero-order valence-corrected chi connectivity index (χ0v) is 16.2. The summed E-state index contributed by atoms with van der Waals surface area (Å²) in [5.41, 5.74) is 2.22. The Kier molecular flexibility index (Phi) is 4.20. The topological polar surface area (TPSA) is 53.8 Å². The van der Waals surface area contributed by atoms with Gasteiger partial charge in [0.15, 0.2) is 10.6 Å². The molecule has 2 aliphatic heterocycles. The van der Waals surface area contributed by atoms with Crippen molar-refractivity contribution in [3.63, 3.8) is 0 Å². The van der Waals surface area contributed by atoms with Crippen LogP contribution in [-0.4, -0.2) is 29.0 Å². The molecule has 7 heteroatoms. The third-order valence-electron chi connectivity index (χ3n) is 5.31. The lowest BCUT2D eigenvalue weighted by Crippen LogP contribution is -2.50. The van der Waals surface area contributed by atoms with Gasteiger partial charge >= 0.3 is 0 Å². The molecule has 1 saturated heterocycles. The second-order valence-electron chi connectivity index (χ2n) is 6.96. The molecule has 0 aliphatic carbocycles. The molecule has 1 aromatic heterocycles. The maximum atomic E-state index is 13.7. The van der Waals surface area contributed by atoms with Crippen LogP contribution in [0, 0.1) is 5.82 Å². The van der Waals surface area contributed by atoms with Crippen molar-refractivity contribution in [3.8, 4) is 0 Å². The fourth-order valence-electron chi connectivity index (χ4n) is 4.08. The fourth-order valence-corrected chi connectivity index (χ4v) is 5.54. The highest BCUT2D eigenvalue weighted by Crippen LogP contribution is 2.54. The molecule has 0 radical (unpaired) electrons. The van der Waals surface area contributed by atoms with Gasteiger partial charge in [-0.1, -0.05) is 30.3 Å². The van der Waals surface area contributed by atoms with E-state index in [-0.39, 0.29) is 29.9 Å². The van der Waals surface area contributed by atoms with Gasteiger partial charge in [-0.05, 0) is 35.9 Å². The first-order valence-corrected chi connectivity index (χ1v) is 10.2. The predicted molar refractivity (Wildman–Crippen MR) is 108 cm³/mol. The van der Waals surface area contributed by atoms with E-state index >= 15 is 0 Å². The zero-order valence-electron chi connectivity index (χ0n) is 15.4. The SMILES string of the molecule is O=C(c1ccco1)N1CCS[C@]12C(=O)N(Cc1cccc(F)c1)c1ccccc12. The van der Waals surface area contributed by atoms with E-state index in [0.29, 0.717) is 17.9 Å². The van der Waals surface area contributed by atoms with E-state index < -0.39 is 4.87 Å². The van der Waals surface area contributed by atoms with Crippen molar-refractivity contribution in [1.29, 1.82) is 0 Å². The number of hydrogen-bond donors (Lipinski definition) is 0. The van der Waals surface area contributed by atoms with Crippen LogP contribution in [0.15, 0.2) is 71.3 Å². The van der Waals surface area contributed by atoms with Gasteiger partial charge in [0.05, 0.1) is 18.5 Å². The number of anilines is 1. The number of nitrogens with zero attached hydrogens (tertiary/aromatic N) is 2. The van der Waals surface area contributed by atoms with Crippen LogP contribution in [0.3, 0.4) is 0 Å². The summed E-state index contributed by atoms with van der Waals surface area (Å²) >= 11 is 1.45. The molecule has 0 saturated carbocycles. The summed E-state index contributed by atoms with van der Waals surface area (Å²) in [5, 5.41) is 0. The summed E-state index contributed by atoms with van der Waals surface area (Å²) in [6, 6.07) is 17.0. The molecule has 29 heavy (non-hydrogen) atoms. The molecule has 5 rings (SSSR count). The maximum Gasteiger partial charge on any atom is 0.291 e. The third kappa shape index (κ3) is 2.68. The summed E-state index contributed by atoms with van der Waals surface area (Å²) in [6.45, 7) is 0.677. The monoisotopic (exact) mass is 408 g/mol. The first kappa shape index (κ1) is 18.0. The van der Waals surface area contributed by atoms with Gasteiger partial charge in [-0.25, -0.2) is 4.39 Å². The van der Waals surface area contributed by atoms with Crippen LogP contribution in [0.25, 0.3) is 0 Å². The molecule has 3 aromatic rings. The Morgan fingerprint density at radius 1 is 1.14 bits per heavy atom. The summed E-state index contributed by atoms with van der Waals surface area (Å²) in [7, 11) is 0. The molecule has 0 bridgehead atoms. The van der Waals surface area contributed by atoms with E-state index in [4.69, 9.17) is 4.42 Å². The quantitative estimate of drug-likeness (QED) is 0.657. The minimum Gasteiger partial charge on any atom is -0.459 e. The smallest absolute Gasteiger partial charge is 0.291 e. The number of carbonyl (C=O) groups excluding carboxylic acids is 2. The average molecular weight is 408 g/mol. The first-order valence-electron chi connectivity index (χ1n) is 9.26. The van der Waals surface area contributed by atoms with Crippen molar-refractivity contribution < 1.29 is 18.4 Å². The molecule has 0 unspecified atom stereocenters. The fraction of sp³-hybridized carbons (Fsp3) is 0.182. The van der Waals surface area contributed by atoms with Crippen LogP contribution in [0.2, 0.25) is 0 Å². The minimum atomic E-state index is -1.13. The van der Waals surface area contributed by atoms with E-state index in [1.807, 2.05) is 24.3 Å². The summed E-state index contributed by atoms with van der Waals surface area (Å²) < 4.78 is 19.0. The molecule has 2 aliphatic rings. The largest absolute Gasteiger partial charge is 0.459 e. The molecule has 1 spiro atoms. The normalized spacial score (nSPS) is 20.5. The van der Waals surface area contributed by atoms with E-state index in [2.05, 4.69) is 0 Å². The second-order valence-corrected chi connectivity index (χ2v) is 8.25. The molecule has 1 fully saturated rings. The molecule has 3 heterocycles. The van der Waals surface area contributed by atoms with E-state index in [1.54, 1.807) is 34.1 Å². The van der Waals surface area contributed by atoms with Gasteiger partial charge < -0.3 is 14.2 Å². The van der Waals surface area contributed by atoms with Crippen LogP contribution in [0.4, 0.5) is 10.1 Å². The molecule has 0 N–H and O–H groups in total. The number of furan rings is 1. The number of carbonyl (C=O) groups is 2. The highest BCUT2D eigenvalue weighted by atomic mass is 32.2. The van der Waals surface area contributed by atoms with E-state index in [9.17, 15) is 14.0 Å². The number of para-hydroxylation sites is 1. The van der Waals surface area contributed by atoms with Crippen molar-refractivity contribution in [2.45, 2.75) is 11.4 Å². The van der Waals surface area contributed by atoms with Crippen molar-refractivity contribution in [2.24, 2.45) is 0 Å². The molecule has 2 aromatic carbocycles. The van der Waals surface area contributed by atoms with Crippen molar-refractivity contribution in [2.75, 3.05) is 17.2 Å². The molecule has 2 amide bonds. The van der Waals surface area contributed by atoms with E-state index in [1.165, 1.54) is 30.2 Å². The number of hydrogen-bond acceptors (Lipinski definition) is 4. The molecular weight excluding hydrogens is 391 g/mol. The average Bonchev–Trinajstić information content (AvgIpc) is 3.45. The van der Waals surface area contributed by atoms with E-state index in [0.717, 1.165) is 11.3 Å². The third-order valence-corrected chi connectivity index (χ3v) is 6.73. The summed E-state index contributed by atoms with van der Waals surface area (Å²) in [6.07, 6.45) is 1.45. The van der Waals surface area contributed by atoms with Gasteiger partial charge in [0.2, 0.25) is 0 Å².